The van der Waals surface area contributed by atoms with Gasteiger partial charge in [-0.15, -0.1) is 0 Å². The Balaban J connectivity index is -0.0000000682. The summed E-state index contributed by atoms with van der Waals surface area (Å²) in [5, 5.41) is 0. The number of methoxy groups -OCH3 is 1. The highest BCUT2D eigenvalue weighted by Gasteiger charge is 2.22. The van der Waals surface area contributed by atoms with Crippen molar-refractivity contribution in [3.05, 3.63) is 0 Å². The molecule has 0 aromatic rings. The molecule has 304 valence electrons. The van der Waals surface area contributed by atoms with Gasteiger partial charge in [0.25, 0.3) is 0 Å². The van der Waals surface area contributed by atoms with E-state index in [0.717, 1.165) is 0 Å². The van der Waals surface area contributed by atoms with Crippen molar-refractivity contribution in [2.45, 2.75) is 104 Å². The van der Waals surface area contributed by atoms with Crippen LogP contribution in [-0.4, -0.2) is 119 Å². The van der Waals surface area contributed by atoms with Crippen LogP contribution in [0.4, 0.5) is 0 Å². The predicted molar refractivity (Wildman–Crippen MR) is 205 cm³/mol. The van der Waals surface area contributed by atoms with Crippen LogP contribution in [0.25, 0.3) is 0 Å². The Labute approximate surface area is 308 Å². The summed E-state index contributed by atoms with van der Waals surface area (Å²) >= 11 is -1.07. The predicted octanol–water partition coefficient (Wildman–Crippen LogP) is 6.26. The molecule has 0 aliphatic carbocycles. The van der Waals surface area contributed by atoms with Crippen molar-refractivity contribution in [3.8, 4) is 0 Å². The fourth-order valence-electron chi connectivity index (χ4n) is 1.05. The van der Waals surface area contributed by atoms with Gasteiger partial charge in [-0.3, -0.25) is 27.9 Å². The fourth-order valence-corrected chi connectivity index (χ4v) is 1.20. The largest absolute Gasteiger partial charge is 0.469 e. The second-order valence-corrected chi connectivity index (χ2v) is 17.3. The van der Waals surface area contributed by atoms with E-state index >= 15 is 0 Å². The number of Topliss-reactive ketones (excluding diaryl/α,β-unsaturated/α-hetero) is 3. The van der Waals surface area contributed by atoms with E-state index in [2.05, 4.69) is 18.0 Å². The molecule has 14 nitrogen and oxygen atoms in total. The number of rotatable bonds is 3. The maximum atomic E-state index is 11.1. The number of ketones is 3. The van der Waals surface area contributed by atoms with Gasteiger partial charge in [0.2, 0.25) is 11.8 Å². The van der Waals surface area contributed by atoms with Crippen molar-refractivity contribution in [2.24, 2.45) is 16.2 Å². The summed E-state index contributed by atoms with van der Waals surface area (Å²) in [7, 11) is 9.84. The van der Waals surface area contributed by atoms with Gasteiger partial charge < -0.3 is 33.2 Å². The van der Waals surface area contributed by atoms with Crippen molar-refractivity contribution in [1.29, 1.82) is 0 Å². The summed E-state index contributed by atoms with van der Waals surface area (Å²) in [4.78, 5) is 64.3. The highest BCUT2D eigenvalue weighted by atomic mass is 32.2. The van der Waals surface area contributed by atoms with Crippen molar-refractivity contribution in [2.75, 3.05) is 69.6 Å². The molecule has 0 saturated carbocycles. The molecule has 0 aliphatic heterocycles. The Kier molecular flexibility index (Phi) is 46.3. The zero-order chi connectivity index (χ0) is 43.0. The molecule has 0 aromatic heterocycles. The van der Waals surface area contributed by atoms with E-state index in [1.54, 1.807) is 40.0 Å². The third-order valence-electron chi connectivity index (χ3n) is 4.43. The molecule has 1 atom stereocenters. The van der Waals surface area contributed by atoms with Crippen molar-refractivity contribution in [1.82, 2.24) is 9.80 Å². The summed E-state index contributed by atoms with van der Waals surface area (Å²) in [6.45, 7) is 27.6. The van der Waals surface area contributed by atoms with E-state index in [-0.39, 0.29) is 51.4 Å². The standard InChI is InChI=1S/C7H15NO.C6H12O2.C6H12O.C4H9NO.C3H9O3P.2C3H6O.C2H6O2S/c1-7(2,3)6(9)8(4)5;1-6(2,3)5(7)8-4;1-5(7)6(2,3)4;1-4(6)5(2)3;1-5-7(3,4)6-2;2*1-3(2)4;1-4-5(2)3/h1-5H3;1-4H3;1-4H3;1-3H3;1-3H3;2*1-2H3;1-2H3. The molecule has 2 amide bonds. The van der Waals surface area contributed by atoms with Crippen molar-refractivity contribution < 1.29 is 55.5 Å². The number of amides is 2. The molecule has 0 aromatic carbocycles. The molecular formula is C34H75N2O12PS. The summed E-state index contributed by atoms with van der Waals surface area (Å²) in [6.07, 6.45) is 1.47. The van der Waals surface area contributed by atoms with Crippen LogP contribution in [0.2, 0.25) is 0 Å². The number of carbonyl (C=O) groups excluding carboxylic acids is 6. The van der Waals surface area contributed by atoms with Gasteiger partial charge in [0.1, 0.15) is 17.3 Å². The van der Waals surface area contributed by atoms with Gasteiger partial charge in [-0.2, -0.15) is 0 Å². The molecule has 0 heterocycles. The second-order valence-electron chi connectivity index (χ2n) is 13.9. The van der Waals surface area contributed by atoms with Crippen LogP contribution in [-0.2, 0) is 62.4 Å². The van der Waals surface area contributed by atoms with Gasteiger partial charge >= 0.3 is 13.6 Å². The van der Waals surface area contributed by atoms with Crippen molar-refractivity contribution >= 4 is 53.8 Å². The average Bonchev–Trinajstić information content (AvgIpc) is 2.91. The first-order valence-corrected chi connectivity index (χ1v) is 18.8. The van der Waals surface area contributed by atoms with Gasteiger partial charge in [0.15, 0.2) is 11.1 Å². The first-order valence-electron chi connectivity index (χ1n) is 15.3. The number of carbonyl (C=O) groups is 6. The highest BCUT2D eigenvalue weighted by Crippen LogP contribution is 2.40. The maximum Gasteiger partial charge on any atom is 0.327 e. The van der Waals surface area contributed by atoms with Crippen LogP contribution < -0.4 is 0 Å². The molecule has 0 rings (SSSR count). The van der Waals surface area contributed by atoms with Crippen molar-refractivity contribution in [3.63, 3.8) is 0 Å². The molecule has 0 radical (unpaired) electrons. The minimum Gasteiger partial charge on any atom is -0.469 e. The topological polar surface area (TPSA) is 180 Å². The number of ether oxygens (including phenoxy) is 1. The first-order chi connectivity index (χ1) is 21.8. The minimum absolute atomic E-state index is 0.0926. The molecule has 0 saturated heterocycles. The Hall–Kier alpha value is -2.32. The van der Waals surface area contributed by atoms with E-state index in [1.165, 1.54) is 80.9 Å². The molecule has 0 bridgehead atoms. The van der Waals surface area contributed by atoms with Gasteiger partial charge in [-0.25, -0.2) is 4.21 Å². The van der Waals surface area contributed by atoms with Gasteiger partial charge in [0, 0.05) is 73.1 Å². The normalized spacial score (nSPS) is 10.5. The maximum absolute atomic E-state index is 11.1. The number of hydrogen-bond donors (Lipinski definition) is 0. The molecule has 0 fully saturated rings. The smallest absolute Gasteiger partial charge is 0.327 e. The number of nitrogens with zero attached hydrogens (tertiary/aromatic N) is 2. The third-order valence-corrected chi connectivity index (χ3v) is 6.23. The SMILES string of the molecule is CC(=O)C(C)(C)C.CC(=O)N(C)C.CC(C)=O.CC(C)=O.CN(C)C(=O)C(C)(C)C.COC(=O)C(C)(C)C.COP(C)(=O)OC.COS(C)=O. The molecule has 1 unspecified atom stereocenters. The Morgan fingerprint density at radius 1 is 0.580 bits per heavy atom. The van der Waals surface area contributed by atoms with Crippen LogP contribution in [0, 0.1) is 16.2 Å². The van der Waals surface area contributed by atoms with Crippen LogP contribution in [0.1, 0.15) is 104 Å². The third kappa shape index (κ3) is 80.4. The summed E-state index contributed by atoms with van der Waals surface area (Å²) in [5.74, 6) is 0.669. The highest BCUT2D eigenvalue weighted by molar-refractivity contribution is 7.79. The van der Waals surface area contributed by atoms with Crippen LogP contribution >= 0.6 is 7.60 Å². The zero-order valence-electron chi connectivity index (χ0n) is 36.1. The van der Waals surface area contributed by atoms with Gasteiger partial charge in [-0.05, 0) is 55.4 Å². The monoisotopic (exact) mass is 766 g/mol. The van der Waals surface area contributed by atoms with Gasteiger partial charge in [-0.1, -0.05) is 41.5 Å². The van der Waals surface area contributed by atoms with E-state index in [9.17, 15) is 37.5 Å². The molecule has 50 heavy (non-hydrogen) atoms. The van der Waals surface area contributed by atoms with Crippen LogP contribution in [0.3, 0.4) is 0 Å². The van der Waals surface area contributed by atoms with E-state index in [4.69, 9.17) is 0 Å². The van der Waals surface area contributed by atoms with Gasteiger partial charge in [0.05, 0.1) is 19.6 Å². The van der Waals surface area contributed by atoms with E-state index in [0.29, 0.717) is 0 Å². The lowest BCUT2D eigenvalue weighted by molar-refractivity contribution is -0.149. The Morgan fingerprint density at radius 2 is 0.800 bits per heavy atom. The van der Waals surface area contributed by atoms with E-state index < -0.39 is 18.7 Å². The minimum atomic E-state index is -2.65. The van der Waals surface area contributed by atoms with E-state index in [1.807, 2.05) is 62.3 Å². The molecule has 16 heteroatoms. The lowest BCUT2D eigenvalue weighted by Crippen LogP contribution is -2.33. The summed E-state index contributed by atoms with van der Waals surface area (Å²) < 4.78 is 37.7. The average molecular weight is 767 g/mol. The lowest BCUT2D eigenvalue weighted by Gasteiger charge is -2.21. The fraction of sp³-hybridized carbons (Fsp3) is 0.824. The quantitative estimate of drug-likeness (QED) is 0.233. The zero-order valence-corrected chi connectivity index (χ0v) is 37.9. The Bertz CT molecular complexity index is 981. The van der Waals surface area contributed by atoms with Crippen LogP contribution in [0.5, 0.6) is 0 Å². The lowest BCUT2D eigenvalue weighted by atomic mass is 9.92. The van der Waals surface area contributed by atoms with Crippen LogP contribution in [0.15, 0.2) is 0 Å². The number of hydrogen-bond acceptors (Lipinski definition) is 12. The molecule has 0 aliphatic rings. The molecular weight excluding hydrogens is 691 g/mol. The second kappa shape index (κ2) is 35.1. The molecule has 0 N–H and O–H groups in total. The molecule has 0 spiro atoms. The summed E-state index contributed by atoms with van der Waals surface area (Å²) in [6, 6.07) is 0. The summed E-state index contributed by atoms with van der Waals surface area (Å²) in [5.41, 5.74) is -0.724. The Morgan fingerprint density at radius 3 is 0.800 bits per heavy atom. The first kappa shape index (κ1) is 66.0. The number of esters is 1.